The van der Waals surface area contributed by atoms with E-state index in [0.717, 1.165) is 5.56 Å². The second-order valence-electron chi connectivity index (χ2n) is 8.49. The Morgan fingerprint density at radius 2 is 1.82 bits per heavy atom. The minimum atomic E-state index is -1.11. The van der Waals surface area contributed by atoms with Crippen molar-refractivity contribution >= 4 is 5.97 Å². The molecule has 1 N–H and O–H groups in total. The van der Waals surface area contributed by atoms with Gasteiger partial charge in [-0.2, -0.15) is 0 Å². The Hall–Kier alpha value is -3.53. The normalized spacial score (nSPS) is 25.4. The molecule has 9 nitrogen and oxygen atoms in total. The molecule has 0 unspecified atom stereocenters. The van der Waals surface area contributed by atoms with E-state index in [9.17, 15) is 14.4 Å². The molecule has 34 heavy (non-hydrogen) atoms. The van der Waals surface area contributed by atoms with Crippen molar-refractivity contribution < 1.29 is 23.7 Å². The Morgan fingerprint density at radius 1 is 1.12 bits per heavy atom. The van der Waals surface area contributed by atoms with E-state index < -0.39 is 41.3 Å². The Labute approximate surface area is 194 Å². The van der Waals surface area contributed by atoms with Gasteiger partial charge in [0.2, 0.25) is 0 Å². The zero-order valence-corrected chi connectivity index (χ0v) is 18.5. The summed E-state index contributed by atoms with van der Waals surface area (Å²) in [5.41, 5.74) is -0.462. The summed E-state index contributed by atoms with van der Waals surface area (Å²) in [4.78, 5) is 39.3. The molecule has 3 aromatic rings. The van der Waals surface area contributed by atoms with Crippen LogP contribution in [0.5, 0.6) is 0 Å². The highest BCUT2D eigenvalue weighted by Gasteiger charge is 2.64. The maximum Gasteiger partial charge on any atom is 0.338 e. The molecule has 2 fully saturated rings. The minimum absolute atomic E-state index is 0.121. The SMILES string of the molecule is Cc1cn([C@@H]2O[C@]3(COC(=O)c4ccccc4)CO[C@@H]2[C@@H]3OCc2ccccc2)c(=O)[nH]c1=O. The molecule has 2 bridgehead atoms. The van der Waals surface area contributed by atoms with E-state index in [1.54, 1.807) is 31.2 Å². The van der Waals surface area contributed by atoms with Gasteiger partial charge in [-0.05, 0) is 24.6 Å². The summed E-state index contributed by atoms with van der Waals surface area (Å²) < 4.78 is 25.4. The minimum Gasteiger partial charge on any atom is -0.459 e. The smallest absolute Gasteiger partial charge is 0.338 e. The number of fused-ring (bicyclic) bond motifs is 2. The van der Waals surface area contributed by atoms with Crippen molar-refractivity contribution in [3.63, 3.8) is 0 Å². The van der Waals surface area contributed by atoms with Crippen molar-refractivity contribution in [2.75, 3.05) is 13.2 Å². The number of aryl methyl sites for hydroxylation is 1. The van der Waals surface area contributed by atoms with Crippen molar-refractivity contribution in [3.8, 4) is 0 Å². The number of aromatic nitrogens is 2. The van der Waals surface area contributed by atoms with Gasteiger partial charge < -0.3 is 18.9 Å². The first-order valence-electron chi connectivity index (χ1n) is 11.0. The lowest BCUT2D eigenvalue weighted by molar-refractivity contribution is -0.189. The van der Waals surface area contributed by atoms with Crippen molar-refractivity contribution in [2.45, 2.75) is 37.6 Å². The Balaban J connectivity index is 1.42. The third-order valence-electron chi connectivity index (χ3n) is 6.12. The number of benzene rings is 2. The van der Waals surface area contributed by atoms with Crippen molar-refractivity contribution in [2.24, 2.45) is 0 Å². The van der Waals surface area contributed by atoms with Crippen LogP contribution >= 0.6 is 0 Å². The topological polar surface area (TPSA) is 109 Å². The molecule has 5 rings (SSSR count). The van der Waals surface area contributed by atoms with Gasteiger partial charge in [0.15, 0.2) is 11.8 Å². The predicted molar refractivity (Wildman–Crippen MR) is 120 cm³/mol. The molecular weight excluding hydrogens is 440 g/mol. The van der Waals surface area contributed by atoms with Crippen molar-refractivity contribution in [1.29, 1.82) is 0 Å². The van der Waals surface area contributed by atoms with Crippen LogP contribution in [0.2, 0.25) is 0 Å². The molecule has 4 atom stereocenters. The number of carbonyl (C=O) groups excluding carboxylic acids is 1. The van der Waals surface area contributed by atoms with E-state index >= 15 is 0 Å². The molecule has 3 heterocycles. The summed E-state index contributed by atoms with van der Waals surface area (Å²) >= 11 is 0. The number of nitrogens with zero attached hydrogens (tertiary/aromatic N) is 1. The number of carbonyl (C=O) groups is 1. The molecule has 0 radical (unpaired) electrons. The van der Waals surface area contributed by atoms with Crippen molar-refractivity contribution in [3.05, 3.63) is 104 Å². The van der Waals surface area contributed by atoms with Crippen molar-refractivity contribution in [1.82, 2.24) is 9.55 Å². The van der Waals surface area contributed by atoms with E-state index in [4.69, 9.17) is 18.9 Å². The number of hydrogen-bond donors (Lipinski definition) is 1. The van der Waals surface area contributed by atoms with Gasteiger partial charge in [0.1, 0.15) is 18.8 Å². The van der Waals surface area contributed by atoms with Gasteiger partial charge in [0.05, 0.1) is 18.8 Å². The summed E-state index contributed by atoms with van der Waals surface area (Å²) in [7, 11) is 0. The quantitative estimate of drug-likeness (QED) is 0.533. The number of rotatable bonds is 7. The van der Waals surface area contributed by atoms with Crippen LogP contribution < -0.4 is 11.2 Å². The standard InChI is InChI=1S/C25H24N2O7/c1-16-12-27(24(30)26-21(16)28)22-19-20(31-13-17-8-4-2-5-9-17)25(34-22,14-32-19)15-33-23(29)18-10-6-3-7-11-18/h2-12,19-20,22H,13-15H2,1H3,(H,26,28,30)/t19-,20+,22-,25+/m1/s1. The Bertz CT molecular complexity index is 1290. The van der Waals surface area contributed by atoms with Crippen LogP contribution in [-0.4, -0.2) is 46.5 Å². The van der Waals surface area contributed by atoms with Gasteiger partial charge in [-0.25, -0.2) is 9.59 Å². The van der Waals surface area contributed by atoms with Crippen LogP contribution in [0.3, 0.4) is 0 Å². The van der Waals surface area contributed by atoms with Crippen LogP contribution in [0, 0.1) is 6.92 Å². The van der Waals surface area contributed by atoms with Gasteiger partial charge in [-0.15, -0.1) is 0 Å². The number of ether oxygens (including phenoxy) is 4. The molecule has 2 aromatic carbocycles. The molecule has 176 valence electrons. The number of nitrogens with one attached hydrogen (secondary N) is 1. The lowest BCUT2D eigenvalue weighted by Crippen LogP contribution is -2.47. The highest BCUT2D eigenvalue weighted by atomic mass is 16.7. The highest BCUT2D eigenvalue weighted by Crippen LogP contribution is 2.46. The van der Waals surface area contributed by atoms with Crippen LogP contribution in [0.25, 0.3) is 0 Å². The van der Waals surface area contributed by atoms with Gasteiger partial charge in [-0.3, -0.25) is 14.3 Å². The maximum atomic E-state index is 12.6. The van der Waals surface area contributed by atoms with E-state index in [1.165, 1.54) is 10.8 Å². The monoisotopic (exact) mass is 464 g/mol. The lowest BCUT2D eigenvalue weighted by atomic mass is 10.00. The molecule has 0 amide bonds. The molecule has 2 aliphatic heterocycles. The molecule has 2 aliphatic rings. The van der Waals surface area contributed by atoms with E-state index in [2.05, 4.69) is 4.98 Å². The second-order valence-corrected chi connectivity index (χ2v) is 8.49. The van der Waals surface area contributed by atoms with Gasteiger partial charge in [0.25, 0.3) is 5.56 Å². The first kappa shape index (κ1) is 22.3. The average Bonchev–Trinajstić information content (AvgIpc) is 3.36. The predicted octanol–water partition coefficient (Wildman–Crippen LogP) is 1.95. The molecule has 1 aromatic heterocycles. The Kier molecular flexibility index (Phi) is 5.91. The van der Waals surface area contributed by atoms with Crippen LogP contribution in [-0.2, 0) is 25.6 Å². The molecule has 0 aliphatic carbocycles. The molecule has 0 spiro atoms. The van der Waals surface area contributed by atoms with E-state index in [0.29, 0.717) is 11.1 Å². The number of H-pyrrole nitrogens is 1. The number of esters is 1. The molecule has 0 saturated carbocycles. The zero-order valence-electron chi connectivity index (χ0n) is 18.5. The Morgan fingerprint density at radius 3 is 2.56 bits per heavy atom. The summed E-state index contributed by atoms with van der Waals surface area (Å²) in [6, 6.07) is 18.3. The first-order chi connectivity index (χ1) is 16.5. The van der Waals surface area contributed by atoms with Gasteiger partial charge in [-0.1, -0.05) is 48.5 Å². The van der Waals surface area contributed by atoms with Crippen LogP contribution in [0.15, 0.2) is 76.4 Å². The fourth-order valence-corrected chi connectivity index (χ4v) is 4.35. The summed E-state index contributed by atoms with van der Waals surface area (Å²) in [5, 5.41) is 0. The third-order valence-corrected chi connectivity index (χ3v) is 6.12. The van der Waals surface area contributed by atoms with Crippen LogP contribution in [0.4, 0.5) is 0 Å². The van der Waals surface area contributed by atoms with E-state index in [-0.39, 0.29) is 19.8 Å². The molecule has 2 saturated heterocycles. The summed E-state index contributed by atoms with van der Waals surface area (Å²) in [6.45, 7) is 1.90. The zero-order chi connectivity index (χ0) is 23.7. The fraction of sp³-hybridized carbons (Fsp3) is 0.320. The third kappa shape index (κ3) is 4.09. The van der Waals surface area contributed by atoms with Crippen LogP contribution in [0.1, 0.15) is 27.7 Å². The molecular formula is C25H24N2O7. The second kappa shape index (κ2) is 9.02. The number of aromatic amines is 1. The lowest BCUT2D eigenvalue weighted by Gasteiger charge is -2.31. The van der Waals surface area contributed by atoms with Gasteiger partial charge in [0, 0.05) is 11.8 Å². The molecule has 9 heteroatoms. The number of hydrogen-bond acceptors (Lipinski definition) is 7. The highest BCUT2D eigenvalue weighted by molar-refractivity contribution is 5.89. The van der Waals surface area contributed by atoms with Gasteiger partial charge >= 0.3 is 11.7 Å². The summed E-state index contributed by atoms with van der Waals surface area (Å²) in [6.07, 6.45) is -0.663. The fourth-order valence-electron chi connectivity index (χ4n) is 4.35. The van der Waals surface area contributed by atoms with E-state index in [1.807, 2.05) is 36.4 Å². The summed E-state index contributed by atoms with van der Waals surface area (Å²) in [5.74, 6) is -0.496. The largest absolute Gasteiger partial charge is 0.459 e. The average molecular weight is 464 g/mol. The maximum absolute atomic E-state index is 12.6. The first-order valence-corrected chi connectivity index (χ1v) is 11.0.